The fourth-order valence-electron chi connectivity index (χ4n) is 0.368. The second kappa shape index (κ2) is 3.88. The second-order valence-electron chi connectivity index (χ2n) is 1.78. The van der Waals surface area contributed by atoms with Gasteiger partial charge in [-0.05, 0) is 12.8 Å². The van der Waals surface area contributed by atoms with E-state index in [4.69, 9.17) is 15.6 Å². The van der Waals surface area contributed by atoms with Crippen LogP contribution in [0.3, 0.4) is 0 Å². The molecule has 0 saturated heterocycles. The van der Waals surface area contributed by atoms with E-state index in [1.165, 1.54) is 0 Å². The van der Waals surface area contributed by atoms with Gasteiger partial charge in [-0.1, -0.05) is 0 Å². The van der Waals surface area contributed by atoms with Gasteiger partial charge >= 0.3 is 0 Å². The minimum Gasteiger partial charge on any atom is -0.483 e. The van der Waals surface area contributed by atoms with E-state index >= 15 is 0 Å². The molecule has 52 valence electrons. The summed E-state index contributed by atoms with van der Waals surface area (Å²) in [5.41, 5.74) is 4.86. The van der Waals surface area contributed by atoms with Gasteiger partial charge in [-0.25, -0.2) is 0 Å². The monoisotopic (exact) mass is 131 g/mol. The average molecular weight is 131 g/mol. The molecule has 0 bridgehead atoms. The van der Waals surface area contributed by atoms with Crippen molar-refractivity contribution in [1.29, 1.82) is 0 Å². The van der Waals surface area contributed by atoms with Crippen molar-refractivity contribution in [3.63, 3.8) is 0 Å². The van der Waals surface area contributed by atoms with Gasteiger partial charge in [0.25, 0.3) is 6.47 Å². The molecule has 1 amide bonds. The molecule has 4 heteroatoms. The lowest BCUT2D eigenvalue weighted by molar-refractivity contribution is -0.123. The molecule has 0 aromatic rings. The Bertz CT molecular complexity index is 109. The molecule has 0 heterocycles. The summed E-state index contributed by atoms with van der Waals surface area (Å²) in [6.07, 6.45) is 2.05. The summed E-state index contributed by atoms with van der Waals surface area (Å²) in [6.45, 7) is -0.250. The zero-order valence-electron chi connectivity index (χ0n) is 4.91. The lowest BCUT2D eigenvalue weighted by Crippen LogP contribution is -2.11. The van der Waals surface area contributed by atoms with E-state index in [-0.39, 0.29) is 18.3 Å². The summed E-state index contributed by atoms with van der Waals surface area (Å²) < 4.78 is 0. The van der Waals surface area contributed by atoms with Gasteiger partial charge in [-0.2, -0.15) is 0 Å². The Morgan fingerprint density at radius 2 is 2.00 bits per heavy atom. The number of rotatable bonds is 1. The number of hydrogen-bond acceptors (Lipinski definition) is 2. The average Bonchev–Trinajstić information content (AvgIpc) is 2.44. The number of carbonyl (C=O) groups excluding carboxylic acids is 1. The van der Waals surface area contributed by atoms with Gasteiger partial charge in [0.1, 0.15) is 0 Å². The first-order chi connectivity index (χ1) is 4.22. The highest BCUT2D eigenvalue weighted by Gasteiger charge is 2.26. The minimum absolute atomic E-state index is 0.130. The summed E-state index contributed by atoms with van der Waals surface area (Å²) in [5, 5.41) is 6.89. The van der Waals surface area contributed by atoms with Crippen LogP contribution in [-0.2, 0) is 9.59 Å². The van der Waals surface area contributed by atoms with E-state index in [0.717, 1.165) is 12.8 Å². The Morgan fingerprint density at radius 1 is 1.67 bits per heavy atom. The molecule has 4 nitrogen and oxygen atoms in total. The maximum absolute atomic E-state index is 9.98. The van der Waals surface area contributed by atoms with Crippen molar-refractivity contribution in [3.8, 4) is 0 Å². The number of carbonyl (C=O) groups is 2. The summed E-state index contributed by atoms with van der Waals surface area (Å²) in [6, 6.07) is 0. The van der Waals surface area contributed by atoms with Crippen LogP contribution in [0.2, 0.25) is 0 Å². The van der Waals surface area contributed by atoms with Crippen molar-refractivity contribution in [2.75, 3.05) is 0 Å². The first-order valence-corrected chi connectivity index (χ1v) is 2.59. The van der Waals surface area contributed by atoms with E-state index in [1.807, 2.05) is 0 Å². The van der Waals surface area contributed by atoms with Gasteiger partial charge in [0.15, 0.2) is 0 Å². The predicted octanol–water partition coefficient (Wildman–Crippen LogP) is -0.418. The number of carboxylic acid groups (broad SMARTS) is 1. The van der Waals surface area contributed by atoms with Crippen LogP contribution >= 0.6 is 0 Å². The molecule has 0 radical (unpaired) electrons. The van der Waals surface area contributed by atoms with Gasteiger partial charge in [-0.15, -0.1) is 0 Å². The maximum Gasteiger partial charge on any atom is 0.290 e. The van der Waals surface area contributed by atoms with Gasteiger partial charge in [-0.3, -0.25) is 9.59 Å². The summed E-state index contributed by atoms with van der Waals surface area (Å²) in [5.74, 6) is 0.111. The van der Waals surface area contributed by atoms with Crippen LogP contribution in [0.25, 0.3) is 0 Å². The van der Waals surface area contributed by atoms with Crippen LogP contribution in [-0.4, -0.2) is 17.5 Å². The summed E-state index contributed by atoms with van der Waals surface area (Å²) in [7, 11) is 0. The van der Waals surface area contributed by atoms with Crippen molar-refractivity contribution >= 4 is 12.4 Å². The molecule has 1 rings (SSSR count). The van der Waals surface area contributed by atoms with E-state index in [2.05, 4.69) is 0 Å². The molecule has 1 saturated carbocycles. The van der Waals surface area contributed by atoms with Gasteiger partial charge in [0.05, 0.1) is 0 Å². The molecule has 0 unspecified atom stereocenters. The number of primary amides is 1. The second-order valence-corrected chi connectivity index (χ2v) is 1.78. The Labute approximate surface area is 52.7 Å². The molecular weight excluding hydrogens is 122 g/mol. The number of amides is 1. The molecule has 1 fully saturated rings. The molecule has 0 aromatic heterocycles. The first-order valence-electron chi connectivity index (χ1n) is 2.59. The molecule has 0 atom stereocenters. The molecule has 1 aliphatic carbocycles. The van der Waals surface area contributed by atoms with Gasteiger partial charge in [0.2, 0.25) is 5.91 Å². The Balaban J connectivity index is 0.000000187. The van der Waals surface area contributed by atoms with Gasteiger partial charge in [0, 0.05) is 5.92 Å². The fraction of sp³-hybridized carbons (Fsp3) is 0.600. The smallest absolute Gasteiger partial charge is 0.290 e. The Hall–Kier alpha value is -1.06. The van der Waals surface area contributed by atoms with Crippen molar-refractivity contribution in [2.24, 2.45) is 11.7 Å². The van der Waals surface area contributed by atoms with Crippen LogP contribution in [0.5, 0.6) is 0 Å². The molecular formula is C5H9NO3. The Morgan fingerprint density at radius 3 is 2.00 bits per heavy atom. The zero-order valence-corrected chi connectivity index (χ0v) is 4.91. The lowest BCUT2D eigenvalue weighted by atomic mass is 10.4. The highest BCUT2D eigenvalue weighted by atomic mass is 16.3. The van der Waals surface area contributed by atoms with Crippen LogP contribution in [0.1, 0.15) is 12.8 Å². The third-order valence-electron chi connectivity index (χ3n) is 0.980. The molecule has 1 aliphatic rings. The van der Waals surface area contributed by atoms with Crippen LogP contribution in [0.4, 0.5) is 0 Å². The standard InChI is InChI=1S/C4H7NO.CH2O2/c5-4(6)3-1-2-3;2-1-3/h3H,1-2H2,(H2,5,6);1H,(H,2,3). The maximum atomic E-state index is 9.98. The van der Waals surface area contributed by atoms with E-state index in [1.54, 1.807) is 0 Å². The highest BCUT2D eigenvalue weighted by molar-refractivity contribution is 5.78. The summed E-state index contributed by atoms with van der Waals surface area (Å²) >= 11 is 0. The summed E-state index contributed by atoms with van der Waals surface area (Å²) in [4.78, 5) is 18.3. The molecule has 9 heavy (non-hydrogen) atoms. The number of nitrogens with two attached hydrogens (primary N) is 1. The normalized spacial score (nSPS) is 15.1. The molecule has 3 N–H and O–H groups in total. The van der Waals surface area contributed by atoms with Crippen LogP contribution in [0, 0.1) is 5.92 Å². The molecule has 0 aromatic carbocycles. The SMILES string of the molecule is NC(=O)C1CC1.O=CO. The van der Waals surface area contributed by atoms with Crippen LogP contribution in [0.15, 0.2) is 0 Å². The predicted molar refractivity (Wildman–Crippen MR) is 30.6 cm³/mol. The lowest BCUT2D eigenvalue weighted by Gasteiger charge is -1.77. The molecule has 0 aliphatic heterocycles. The third-order valence-corrected chi connectivity index (χ3v) is 0.980. The van der Waals surface area contributed by atoms with E-state index in [9.17, 15) is 4.79 Å². The largest absolute Gasteiger partial charge is 0.483 e. The highest BCUT2D eigenvalue weighted by Crippen LogP contribution is 2.27. The fourth-order valence-corrected chi connectivity index (χ4v) is 0.368. The zero-order chi connectivity index (χ0) is 7.28. The van der Waals surface area contributed by atoms with Crippen molar-refractivity contribution < 1.29 is 14.7 Å². The van der Waals surface area contributed by atoms with Crippen molar-refractivity contribution in [1.82, 2.24) is 0 Å². The minimum atomic E-state index is -0.250. The number of hydrogen-bond donors (Lipinski definition) is 2. The van der Waals surface area contributed by atoms with E-state index in [0.29, 0.717) is 0 Å². The quantitative estimate of drug-likeness (QED) is 0.474. The van der Waals surface area contributed by atoms with Crippen molar-refractivity contribution in [3.05, 3.63) is 0 Å². The topological polar surface area (TPSA) is 80.4 Å². The third kappa shape index (κ3) is 4.80. The van der Waals surface area contributed by atoms with Crippen LogP contribution < -0.4 is 5.73 Å². The Kier molecular flexibility index (Phi) is 3.43. The first kappa shape index (κ1) is 7.94. The van der Waals surface area contributed by atoms with Gasteiger partial charge < -0.3 is 10.8 Å². The molecule has 0 spiro atoms. The van der Waals surface area contributed by atoms with E-state index < -0.39 is 0 Å². The van der Waals surface area contributed by atoms with Crippen molar-refractivity contribution in [2.45, 2.75) is 12.8 Å².